The summed E-state index contributed by atoms with van der Waals surface area (Å²) in [5.74, 6) is 0.203. The summed E-state index contributed by atoms with van der Waals surface area (Å²) in [5.41, 5.74) is -0.0312. The normalized spacial score (nSPS) is 15.0. The van der Waals surface area contributed by atoms with Gasteiger partial charge in [-0.15, -0.1) is 0 Å². The highest BCUT2D eigenvalue weighted by atomic mass is 19.4. The third-order valence-corrected chi connectivity index (χ3v) is 5.00. The number of amides is 2. The van der Waals surface area contributed by atoms with Crippen molar-refractivity contribution in [2.24, 2.45) is 0 Å². The average Bonchev–Trinajstić information content (AvgIpc) is 2.74. The smallest absolute Gasteiger partial charge is 0.416 e. The fourth-order valence-corrected chi connectivity index (χ4v) is 3.35. The molecule has 1 heterocycles. The van der Waals surface area contributed by atoms with Gasteiger partial charge in [-0.25, -0.2) is 0 Å². The van der Waals surface area contributed by atoms with Crippen LogP contribution in [-0.4, -0.2) is 42.5 Å². The number of likely N-dealkylation sites (tertiary alicyclic amines) is 1. The Kier molecular flexibility index (Phi) is 6.64. The predicted molar refractivity (Wildman–Crippen MR) is 105 cm³/mol. The Hall–Kier alpha value is -3.03. The Morgan fingerprint density at radius 1 is 1.00 bits per heavy atom. The van der Waals surface area contributed by atoms with Gasteiger partial charge in [0.1, 0.15) is 5.75 Å². The molecule has 0 atom stereocenters. The van der Waals surface area contributed by atoms with Crippen molar-refractivity contribution in [2.75, 3.05) is 19.7 Å². The molecule has 30 heavy (non-hydrogen) atoms. The Morgan fingerprint density at radius 2 is 1.57 bits per heavy atom. The van der Waals surface area contributed by atoms with Crippen molar-refractivity contribution in [1.29, 1.82) is 0 Å². The molecule has 0 unspecified atom stereocenters. The molecule has 160 valence electrons. The summed E-state index contributed by atoms with van der Waals surface area (Å²) < 4.78 is 43.3. The lowest BCUT2D eigenvalue weighted by Gasteiger charge is -2.32. The lowest BCUT2D eigenvalue weighted by Crippen LogP contribution is -2.46. The van der Waals surface area contributed by atoms with E-state index < -0.39 is 11.7 Å². The van der Waals surface area contributed by atoms with E-state index in [4.69, 9.17) is 4.74 Å². The van der Waals surface area contributed by atoms with Crippen LogP contribution in [0.4, 0.5) is 13.2 Å². The Morgan fingerprint density at radius 3 is 2.10 bits per heavy atom. The van der Waals surface area contributed by atoms with Crippen LogP contribution in [0.1, 0.15) is 46.0 Å². The van der Waals surface area contributed by atoms with Crippen molar-refractivity contribution in [3.8, 4) is 5.75 Å². The fraction of sp³-hybridized carbons (Fsp3) is 0.364. The van der Waals surface area contributed by atoms with E-state index in [1.54, 1.807) is 29.2 Å². The molecule has 1 aliphatic rings. The van der Waals surface area contributed by atoms with Crippen LogP contribution in [0.3, 0.4) is 0 Å². The second-order valence-electron chi connectivity index (χ2n) is 7.07. The number of halogens is 3. The first kappa shape index (κ1) is 21.7. The minimum Gasteiger partial charge on any atom is -0.494 e. The second-order valence-corrected chi connectivity index (χ2v) is 7.07. The molecule has 0 aromatic heterocycles. The lowest BCUT2D eigenvalue weighted by atomic mass is 10.0. The number of carbonyl (C=O) groups excluding carboxylic acids is 2. The van der Waals surface area contributed by atoms with Crippen molar-refractivity contribution in [2.45, 2.75) is 32.0 Å². The number of alkyl halides is 3. The van der Waals surface area contributed by atoms with Crippen molar-refractivity contribution >= 4 is 11.8 Å². The maximum Gasteiger partial charge on any atom is 0.416 e. The molecule has 1 fully saturated rings. The van der Waals surface area contributed by atoms with Gasteiger partial charge in [-0.05, 0) is 68.3 Å². The van der Waals surface area contributed by atoms with Crippen molar-refractivity contribution in [1.82, 2.24) is 10.2 Å². The van der Waals surface area contributed by atoms with Gasteiger partial charge in [0.25, 0.3) is 11.8 Å². The summed E-state index contributed by atoms with van der Waals surface area (Å²) in [6.45, 7) is 3.28. The molecule has 1 aliphatic heterocycles. The minimum absolute atomic E-state index is 0.0688. The third kappa shape index (κ3) is 5.31. The molecule has 0 aliphatic carbocycles. The zero-order valence-electron chi connectivity index (χ0n) is 16.5. The van der Waals surface area contributed by atoms with Gasteiger partial charge in [0, 0.05) is 30.3 Å². The van der Waals surface area contributed by atoms with Crippen LogP contribution >= 0.6 is 0 Å². The van der Waals surface area contributed by atoms with Gasteiger partial charge in [0.15, 0.2) is 0 Å². The number of benzene rings is 2. The first-order valence-corrected chi connectivity index (χ1v) is 9.78. The van der Waals surface area contributed by atoms with E-state index in [1.165, 1.54) is 12.1 Å². The van der Waals surface area contributed by atoms with Crippen LogP contribution in [-0.2, 0) is 6.18 Å². The largest absolute Gasteiger partial charge is 0.494 e. The molecule has 0 saturated carbocycles. The SMILES string of the molecule is CCOc1ccc(C(=O)NC2CCN(C(=O)c3ccc(C(F)(F)F)cc3)CC2)cc1. The summed E-state index contributed by atoms with van der Waals surface area (Å²) in [4.78, 5) is 26.5. The van der Waals surface area contributed by atoms with Crippen LogP contribution < -0.4 is 10.1 Å². The van der Waals surface area contributed by atoms with Crippen molar-refractivity contribution < 1.29 is 27.5 Å². The molecule has 3 rings (SSSR count). The molecule has 2 aromatic rings. The van der Waals surface area contributed by atoms with E-state index in [0.29, 0.717) is 43.9 Å². The van der Waals surface area contributed by atoms with Gasteiger partial charge in [0.05, 0.1) is 12.2 Å². The number of hydrogen-bond acceptors (Lipinski definition) is 3. The fourth-order valence-electron chi connectivity index (χ4n) is 3.35. The van der Waals surface area contributed by atoms with Gasteiger partial charge >= 0.3 is 6.18 Å². The molecule has 0 spiro atoms. The number of piperidine rings is 1. The summed E-state index contributed by atoms with van der Waals surface area (Å²) >= 11 is 0. The van der Waals surface area contributed by atoms with Crippen molar-refractivity contribution in [3.05, 3.63) is 65.2 Å². The first-order valence-electron chi connectivity index (χ1n) is 9.78. The standard InChI is InChI=1S/C22H23F3N2O3/c1-2-30-19-9-5-15(6-10-19)20(28)26-18-11-13-27(14-12-18)21(29)16-3-7-17(8-4-16)22(23,24)25/h3-10,18H,2,11-14H2,1H3,(H,26,28). The van der Waals surface area contributed by atoms with Crippen LogP contribution in [0.15, 0.2) is 48.5 Å². The Labute approximate surface area is 172 Å². The van der Waals surface area contributed by atoms with Crippen LogP contribution in [0, 0.1) is 0 Å². The Balaban J connectivity index is 1.51. The number of rotatable bonds is 5. The maximum absolute atomic E-state index is 12.7. The maximum atomic E-state index is 12.7. The molecular weight excluding hydrogens is 397 g/mol. The van der Waals surface area contributed by atoms with Crippen LogP contribution in [0.5, 0.6) is 5.75 Å². The number of hydrogen-bond donors (Lipinski definition) is 1. The molecule has 1 saturated heterocycles. The van der Waals surface area contributed by atoms with Gasteiger partial charge in [-0.2, -0.15) is 13.2 Å². The van der Waals surface area contributed by atoms with Gasteiger partial charge in [0.2, 0.25) is 0 Å². The quantitative estimate of drug-likeness (QED) is 0.791. The molecule has 8 heteroatoms. The Bertz CT molecular complexity index is 872. The van der Waals surface area contributed by atoms with E-state index in [-0.39, 0.29) is 23.4 Å². The molecular formula is C22H23F3N2O3. The topological polar surface area (TPSA) is 58.6 Å². The summed E-state index contributed by atoms with van der Waals surface area (Å²) in [6, 6.07) is 11.0. The van der Waals surface area contributed by atoms with Crippen LogP contribution in [0.2, 0.25) is 0 Å². The molecule has 0 radical (unpaired) electrons. The lowest BCUT2D eigenvalue weighted by molar-refractivity contribution is -0.137. The molecule has 2 amide bonds. The highest BCUT2D eigenvalue weighted by Gasteiger charge is 2.31. The third-order valence-electron chi connectivity index (χ3n) is 5.00. The van der Waals surface area contributed by atoms with E-state index in [9.17, 15) is 22.8 Å². The zero-order chi connectivity index (χ0) is 21.7. The summed E-state index contributed by atoms with van der Waals surface area (Å²) in [7, 11) is 0. The molecule has 0 bridgehead atoms. The first-order chi connectivity index (χ1) is 14.3. The predicted octanol–water partition coefficient (Wildman–Crippen LogP) is 4.14. The van der Waals surface area contributed by atoms with E-state index in [1.807, 2.05) is 6.92 Å². The van der Waals surface area contributed by atoms with Crippen LogP contribution in [0.25, 0.3) is 0 Å². The summed E-state index contributed by atoms with van der Waals surface area (Å²) in [6.07, 6.45) is -3.27. The van der Waals surface area contributed by atoms with Crippen molar-refractivity contribution in [3.63, 3.8) is 0 Å². The van der Waals surface area contributed by atoms with E-state index >= 15 is 0 Å². The number of ether oxygens (including phenoxy) is 1. The van der Waals surface area contributed by atoms with E-state index in [0.717, 1.165) is 12.1 Å². The minimum atomic E-state index is -4.43. The monoisotopic (exact) mass is 420 g/mol. The number of nitrogens with one attached hydrogen (secondary N) is 1. The highest BCUT2D eigenvalue weighted by molar-refractivity contribution is 5.95. The molecule has 5 nitrogen and oxygen atoms in total. The highest BCUT2D eigenvalue weighted by Crippen LogP contribution is 2.29. The van der Waals surface area contributed by atoms with Gasteiger partial charge in [-0.3, -0.25) is 9.59 Å². The molecule has 2 aromatic carbocycles. The zero-order valence-corrected chi connectivity index (χ0v) is 16.5. The molecule has 1 N–H and O–H groups in total. The van der Waals surface area contributed by atoms with Gasteiger partial charge in [-0.1, -0.05) is 0 Å². The second kappa shape index (κ2) is 9.19. The van der Waals surface area contributed by atoms with Gasteiger partial charge < -0.3 is 15.0 Å². The number of carbonyl (C=O) groups is 2. The number of nitrogens with zero attached hydrogens (tertiary/aromatic N) is 1. The summed E-state index contributed by atoms with van der Waals surface area (Å²) in [5, 5.41) is 2.97. The average molecular weight is 420 g/mol. The van der Waals surface area contributed by atoms with E-state index in [2.05, 4.69) is 5.32 Å².